The Balaban J connectivity index is 2.24. The summed E-state index contributed by atoms with van der Waals surface area (Å²) in [6.45, 7) is 0. The molecule has 0 saturated heterocycles. The summed E-state index contributed by atoms with van der Waals surface area (Å²) in [7, 11) is 1.60. The van der Waals surface area contributed by atoms with Crippen molar-refractivity contribution in [2.24, 2.45) is 7.05 Å². The predicted octanol–water partition coefficient (Wildman–Crippen LogP) is 2.60. The van der Waals surface area contributed by atoms with Crippen LogP contribution in [-0.2, 0) is 7.05 Å². The summed E-state index contributed by atoms with van der Waals surface area (Å²) in [6.07, 6.45) is 1.44. The van der Waals surface area contributed by atoms with Gasteiger partial charge in [-0.1, -0.05) is 11.6 Å². The zero-order valence-electron chi connectivity index (χ0n) is 9.25. The summed E-state index contributed by atoms with van der Waals surface area (Å²) in [5.41, 5.74) is -0.161. The molecular weight excluding hydrogens is 264 g/mol. The minimum Gasteiger partial charge on any atom is -0.318 e. The normalized spacial score (nSPS) is 10.4. The molecule has 1 amide bonds. The number of hydrogen-bond acceptors (Lipinski definition) is 2. The highest BCUT2D eigenvalue weighted by Gasteiger charge is 2.16. The van der Waals surface area contributed by atoms with Crippen molar-refractivity contribution in [2.75, 3.05) is 5.32 Å². The van der Waals surface area contributed by atoms with Crippen LogP contribution in [0.4, 0.5) is 14.5 Å². The van der Waals surface area contributed by atoms with Gasteiger partial charge in [-0.3, -0.25) is 9.48 Å². The van der Waals surface area contributed by atoms with E-state index in [0.29, 0.717) is 6.07 Å². The number of carbonyl (C=O) groups excluding carboxylic acids is 1. The number of aryl methyl sites for hydroxylation is 1. The lowest BCUT2D eigenvalue weighted by atomic mass is 10.3. The van der Waals surface area contributed by atoms with Gasteiger partial charge in [0, 0.05) is 19.3 Å². The van der Waals surface area contributed by atoms with Crippen molar-refractivity contribution in [2.45, 2.75) is 0 Å². The molecule has 0 aliphatic carbocycles. The van der Waals surface area contributed by atoms with Crippen LogP contribution in [0.2, 0.25) is 5.02 Å². The SMILES string of the molecule is Cn1cc(Cl)c(C(=O)Nc2ccc(F)cc2F)n1. The summed E-state index contributed by atoms with van der Waals surface area (Å²) >= 11 is 5.77. The number of halogens is 3. The molecule has 1 N–H and O–H groups in total. The molecule has 18 heavy (non-hydrogen) atoms. The molecule has 7 heteroatoms. The molecular formula is C11H8ClF2N3O. The standard InChI is InChI=1S/C11H8ClF2N3O/c1-17-5-7(12)10(16-17)11(18)15-9-3-2-6(13)4-8(9)14/h2-5H,1H3,(H,15,18). The lowest BCUT2D eigenvalue weighted by molar-refractivity contribution is 0.102. The minimum atomic E-state index is -0.865. The highest BCUT2D eigenvalue weighted by Crippen LogP contribution is 2.18. The number of nitrogens with one attached hydrogen (secondary N) is 1. The smallest absolute Gasteiger partial charge is 0.277 e. The number of rotatable bonds is 2. The van der Waals surface area contributed by atoms with Gasteiger partial charge in [0.25, 0.3) is 5.91 Å². The van der Waals surface area contributed by atoms with E-state index in [2.05, 4.69) is 10.4 Å². The maximum absolute atomic E-state index is 13.3. The summed E-state index contributed by atoms with van der Waals surface area (Å²) in [5.74, 6) is -2.25. The maximum atomic E-state index is 13.3. The fourth-order valence-electron chi connectivity index (χ4n) is 1.39. The number of carbonyl (C=O) groups is 1. The quantitative estimate of drug-likeness (QED) is 0.913. The van der Waals surface area contributed by atoms with E-state index in [4.69, 9.17) is 11.6 Å². The summed E-state index contributed by atoms with van der Waals surface area (Å²) in [6, 6.07) is 2.84. The van der Waals surface area contributed by atoms with Crippen LogP contribution < -0.4 is 5.32 Å². The van der Waals surface area contributed by atoms with E-state index in [-0.39, 0.29) is 16.4 Å². The van der Waals surface area contributed by atoms with Crippen molar-refractivity contribution in [1.82, 2.24) is 9.78 Å². The lowest BCUT2D eigenvalue weighted by Crippen LogP contribution is -2.14. The number of hydrogen-bond donors (Lipinski definition) is 1. The average molecular weight is 272 g/mol. The van der Waals surface area contributed by atoms with Gasteiger partial charge in [0.05, 0.1) is 10.7 Å². The van der Waals surface area contributed by atoms with Gasteiger partial charge in [-0.05, 0) is 12.1 Å². The topological polar surface area (TPSA) is 46.9 Å². The Kier molecular flexibility index (Phi) is 3.29. The van der Waals surface area contributed by atoms with E-state index < -0.39 is 17.5 Å². The highest BCUT2D eigenvalue weighted by molar-refractivity contribution is 6.34. The molecule has 1 heterocycles. The molecule has 0 bridgehead atoms. The number of nitrogens with zero attached hydrogens (tertiary/aromatic N) is 2. The molecule has 2 rings (SSSR count). The number of amides is 1. The molecule has 0 unspecified atom stereocenters. The molecule has 0 aliphatic heterocycles. The molecule has 4 nitrogen and oxygen atoms in total. The molecule has 0 fully saturated rings. The van der Waals surface area contributed by atoms with Gasteiger partial charge in [-0.15, -0.1) is 0 Å². The Labute approximate surface area is 106 Å². The molecule has 1 aromatic heterocycles. The van der Waals surface area contributed by atoms with Crippen LogP contribution in [0.1, 0.15) is 10.5 Å². The first-order valence-electron chi connectivity index (χ1n) is 4.93. The fraction of sp³-hybridized carbons (Fsp3) is 0.0909. The lowest BCUT2D eigenvalue weighted by Gasteiger charge is -2.04. The molecule has 94 valence electrons. The fourth-order valence-corrected chi connectivity index (χ4v) is 1.65. The third-order valence-electron chi connectivity index (χ3n) is 2.18. The zero-order chi connectivity index (χ0) is 13.3. The Morgan fingerprint density at radius 2 is 2.17 bits per heavy atom. The summed E-state index contributed by atoms with van der Waals surface area (Å²) < 4.78 is 27.4. The first kappa shape index (κ1) is 12.5. The van der Waals surface area contributed by atoms with Crippen LogP contribution in [0.3, 0.4) is 0 Å². The van der Waals surface area contributed by atoms with Gasteiger partial charge in [-0.2, -0.15) is 5.10 Å². The monoisotopic (exact) mass is 271 g/mol. The Morgan fingerprint density at radius 1 is 1.44 bits per heavy atom. The number of anilines is 1. The molecule has 1 aromatic carbocycles. The van der Waals surface area contributed by atoms with Gasteiger partial charge in [0.15, 0.2) is 5.69 Å². The van der Waals surface area contributed by atoms with Crippen LogP contribution in [0, 0.1) is 11.6 Å². The van der Waals surface area contributed by atoms with Crippen LogP contribution >= 0.6 is 11.6 Å². The first-order chi connectivity index (χ1) is 8.47. The minimum absolute atomic E-state index is 0.0251. The molecule has 0 atom stereocenters. The van der Waals surface area contributed by atoms with Crippen molar-refractivity contribution in [3.05, 3.63) is 46.7 Å². The van der Waals surface area contributed by atoms with Crippen molar-refractivity contribution in [3.63, 3.8) is 0 Å². The van der Waals surface area contributed by atoms with Crippen LogP contribution in [0.25, 0.3) is 0 Å². The van der Waals surface area contributed by atoms with Gasteiger partial charge in [0.1, 0.15) is 11.6 Å². The Morgan fingerprint density at radius 3 is 2.72 bits per heavy atom. The summed E-state index contributed by atoms with van der Waals surface area (Å²) in [5, 5.41) is 6.25. The third-order valence-corrected chi connectivity index (χ3v) is 2.46. The molecule has 0 radical (unpaired) electrons. The molecule has 0 spiro atoms. The molecule has 0 aliphatic rings. The van der Waals surface area contributed by atoms with Crippen LogP contribution in [-0.4, -0.2) is 15.7 Å². The number of benzene rings is 1. The number of aromatic nitrogens is 2. The van der Waals surface area contributed by atoms with Gasteiger partial charge >= 0.3 is 0 Å². The van der Waals surface area contributed by atoms with E-state index in [1.807, 2.05) is 0 Å². The molecule has 0 saturated carbocycles. The van der Waals surface area contributed by atoms with E-state index in [0.717, 1.165) is 12.1 Å². The van der Waals surface area contributed by atoms with Crippen LogP contribution in [0.15, 0.2) is 24.4 Å². The largest absolute Gasteiger partial charge is 0.318 e. The third kappa shape index (κ3) is 2.48. The van der Waals surface area contributed by atoms with Gasteiger partial charge < -0.3 is 5.32 Å². The highest BCUT2D eigenvalue weighted by atomic mass is 35.5. The van der Waals surface area contributed by atoms with Crippen molar-refractivity contribution in [1.29, 1.82) is 0 Å². The van der Waals surface area contributed by atoms with Crippen molar-refractivity contribution < 1.29 is 13.6 Å². The molecule has 2 aromatic rings. The predicted molar refractivity (Wildman–Crippen MR) is 62.5 cm³/mol. The Bertz CT molecular complexity index is 612. The maximum Gasteiger partial charge on any atom is 0.277 e. The van der Waals surface area contributed by atoms with E-state index >= 15 is 0 Å². The van der Waals surface area contributed by atoms with Crippen molar-refractivity contribution in [3.8, 4) is 0 Å². The van der Waals surface area contributed by atoms with Crippen LogP contribution in [0.5, 0.6) is 0 Å². The zero-order valence-corrected chi connectivity index (χ0v) is 10.0. The van der Waals surface area contributed by atoms with Gasteiger partial charge in [0.2, 0.25) is 0 Å². The summed E-state index contributed by atoms with van der Waals surface area (Å²) in [4.78, 5) is 11.8. The second-order valence-corrected chi connectivity index (χ2v) is 3.98. The van der Waals surface area contributed by atoms with E-state index in [1.54, 1.807) is 7.05 Å². The Hall–Kier alpha value is -1.95. The average Bonchev–Trinajstić information content (AvgIpc) is 2.62. The second kappa shape index (κ2) is 4.73. The van der Waals surface area contributed by atoms with E-state index in [9.17, 15) is 13.6 Å². The van der Waals surface area contributed by atoms with Crippen molar-refractivity contribution >= 4 is 23.2 Å². The second-order valence-electron chi connectivity index (χ2n) is 3.58. The van der Waals surface area contributed by atoms with E-state index in [1.165, 1.54) is 10.9 Å². The first-order valence-corrected chi connectivity index (χ1v) is 5.30. The van der Waals surface area contributed by atoms with Gasteiger partial charge in [-0.25, -0.2) is 8.78 Å².